The first-order chi connectivity index (χ1) is 8.22. The summed E-state index contributed by atoms with van der Waals surface area (Å²) in [5.41, 5.74) is 0.615. The van der Waals surface area contributed by atoms with E-state index in [0.29, 0.717) is 11.7 Å². The number of carbonyl (C=O) groups excluding carboxylic acids is 1. The minimum absolute atomic E-state index is 0.0652. The van der Waals surface area contributed by atoms with Gasteiger partial charge in [-0.15, -0.1) is 11.3 Å². The highest BCUT2D eigenvalue weighted by Gasteiger charge is 2.22. The van der Waals surface area contributed by atoms with Crippen molar-refractivity contribution in [3.8, 4) is 0 Å². The molecule has 0 amide bonds. The Morgan fingerprint density at radius 1 is 1.53 bits per heavy atom. The number of hydrogen-bond acceptors (Lipinski definition) is 4. The molecule has 1 saturated heterocycles. The molecule has 0 aliphatic carbocycles. The predicted octanol–water partition coefficient (Wildman–Crippen LogP) is 3.50. The number of rotatable bonds is 3. The van der Waals surface area contributed by atoms with E-state index in [9.17, 15) is 4.79 Å². The Labute approximate surface area is 107 Å². The molecule has 3 nitrogen and oxygen atoms in total. The minimum Gasteiger partial charge on any atom is -0.345 e. The first kappa shape index (κ1) is 12.6. The number of nitrogens with zero attached hydrogens (tertiary/aromatic N) is 2. The van der Waals surface area contributed by atoms with Crippen LogP contribution in [0.2, 0.25) is 0 Å². The molecule has 17 heavy (non-hydrogen) atoms. The van der Waals surface area contributed by atoms with E-state index in [1.807, 2.05) is 5.38 Å². The Morgan fingerprint density at radius 2 is 2.35 bits per heavy atom. The summed E-state index contributed by atoms with van der Waals surface area (Å²) in [7, 11) is 0. The summed E-state index contributed by atoms with van der Waals surface area (Å²) in [6, 6.07) is 0.600. The lowest BCUT2D eigenvalue weighted by Gasteiger charge is -2.28. The van der Waals surface area contributed by atoms with Gasteiger partial charge in [-0.3, -0.25) is 4.79 Å². The normalized spacial score (nSPS) is 21.3. The Morgan fingerprint density at radius 3 is 3.00 bits per heavy atom. The number of thiazole rings is 1. The zero-order valence-electron chi connectivity index (χ0n) is 10.6. The van der Waals surface area contributed by atoms with Crippen molar-refractivity contribution >= 4 is 22.3 Å². The monoisotopic (exact) mass is 252 g/mol. The van der Waals surface area contributed by atoms with Gasteiger partial charge >= 0.3 is 0 Å². The van der Waals surface area contributed by atoms with Crippen molar-refractivity contribution in [1.82, 2.24) is 4.98 Å². The summed E-state index contributed by atoms with van der Waals surface area (Å²) in [5.74, 6) is 0.0652. The molecule has 1 aromatic rings. The van der Waals surface area contributed by atoms with Crippen molar-refractivity contribution in [2.24, 2.45) is 0 Å². The largest absolute Gasteiger partial charge is 0.345 e. The lowest BCUT2D eigenvalue weighted by Crippen LogP contribution is -2.34. The molecule has 1 atom stereocenters. The Balaban J connectivity index is 2.19. The maximum Gasteiger partial charge on any atom is 0.186 e. The first-order valence-electron chi connectivity index (χ1n) is 6.45. The van der Waals surface area contributed by atoms with Crippen LogP contribution >= 0.6 is 11.3 Å². The third-order valence-corrected chi connectivity index (χ3v) is 4.32. The van der Waals surface area contributed by atoms with Crippen molar-refractivity contribution in [3.05, 3.63) is 11.1 Å². The summed E-state index contributed by atoms with van der Waals surface area (Å²) in [6.07, 6.45) is 6.30. The van der Waals surface area contributed by atoms with E-state index >= 15 is 0 Å². The number of carbonyl (C=O) groups is 1. The second-order valence-electron chi connectivity index (χ2n) is 4.68. The summed E-state index contributed by atoms with van der Waals surface area (Å²) >= 11 is 1.61. The average molecular weight is 252 g/mol. The quantitative estimate of drug-likeness (QED) is 0.772. The van der Waals surface area contributed by atoms with Gasteiger partial charge in [0.15, 0.2) is 10.9 Å². The maximum absolute atomic E-state index is 11.3. The van der Waals surface area contributed by atoms with Crippen LogP contribution in [-0.2, 0) is 0 Å². The fourth-order valence-corrected chi connectivity index (χ4v) is 3.37. The van der Waals surface area contributed by atoms with Crippen LogP contribution < -0.4 is 4.90 Å². The van der Waals surface area contributed by atoms with Crippen molar-refractivity contribution in [2.75, 3.05) is 11.4 Å². The molecule has 0 spiro atoms. The average Bonchev–Trinajstić information content (AvgIpc) is 2.68. The van der Waals surface area contributed by atoms with Gasteiger partial charge in [0, 0.05) is 24.9 Å². The predicted molar refractivity (Wildman–Crippen MR) is 72.0 cm³/mol. The molecule has 0 saturated carbocycles. The van der Waals surface area contributed by atoms with Gasteiger partial charge < -0.3 is 4.90 Å². The molecular formula is C13H20N2OS. The lowest BCUT2D eigenvalue weighted by atomic mass is 10.1. The Hall–Kier alpha value is -0.900. The summed E-state index contributed by atoms with van der Waals surface area (Å²) in [5, 5.41) is 2.92. The molecule has 1 aliphatic rings. The molecule has 1 aromatic heterocycles. The van der Waals surface area contributed by atoms with Crippen molar-refractivity contribution < 1.29 is 4.79 Å². The highest BCUT2D eigenvalue weighted by atomic mass is 32.1. The molecule has 2 rings (SSSR count). The van der Waals surface area contributed by atoms with Gasteiger partial charge in [0.2, 0.25) is 0 Å². The molecule has 0 bridgehead atoms. The molecule has 1 unspecified atom stereocenters. The zero-order chi connectivity index (χ0) is 12.3. The Bertz CT molecular complexity index is 389. The number of hydrogen-bond donors (Lipinski definition) is 0. The highest BCUT2D eigenvalue weighted by molar-refractivity contribution is 7.13. The molecule has 1 fully saturated rings. The van der Waals surface area contributed by atoms with Gasteiger partial charge in [-0.05, 0) is 19.3 Å². The zero-order valence-corrected chi connectivity index (χ0v) is 11.4. The highest BCUT2D eigenvalue weighted by Crippen LogP contribution is 2.28. The van der Waals surface area contributed by atoms with Gasteiger partial charge in [-0.25, -0.2) is 4.98 Å². The third kappa shape index (κ3) is 2.86. The van der Waals surface area contributed by atoms with E-state index in [4.69, 9.17) is 0 Å². The molecule has 0 radical (unpaired) electrons. The van der Waals surface area contributed by atoms with E-state index in [2.05, 4.69) is 16.8 Å². The second kappa shape index (κ2) is 5.63. The summed E-state index contributed by atoms with van der Waals surface area (Å²) in [6.45, 7) is 4.91. The first-order valence-corrected chi connectivity index (χ1v) is 7.33. The van der Waals surface area contributed by atoms with Gasteiger partial charge in [-0.2, -0.15) is 0 Å². The van der Waals surface area contributed by atoms with Crippen LogP contribution in [0.25, 0.3) is 0 Å². The third-order valence-electron chi connectivity index (χ3n) is 3.45. The number of anilines is 1. The molecule has 94 valence electrons. The SMILES string of the molecule is CCC1CCCCCN1c1nc(C(C)=O)cs1. The van der Waals surface area contributed by atoms with Gasteiger partial charge in [0.05, 0.1) is 0 Å². The molecule has 1 aliphatic heterocycles. The van der Waals surface area contributed by atoms with Crippen molar-refractivity contribution in [1.29, 1.82) is 0 Å². The maximum atomic E-state index is 11.3. The number of ketones is 1. The van der Waals surface area contributed by atoms with Gasteiger partial charge in [-0.1, -0.05) is 19.8 Å². The number of Topliss-reactive ketones (excluding diaryl/α,β-unsaturated/α-hetero) is 1. The van der Waals surface area contributed by atoms with Crippen LogP contribution in [0.4, 0.5) is 5.13 Å². The van der Waals surface area contributed by atoms with Crippen LogP contribution in [-0.4, -0.2) is 23.4 Å². The summed E-state index contributed by atoms with van der Waals surface area (Å²) in [4.78, 5) is 18.2. The molecule has 4 heteroatoms. The summed E-state index contributed by atoms with van der Waals surface area (Å²) < 4.78 is 0. The van der Waals surface area contributed by atoms with Crippen LogP contribution in [0.3, 0.4) is 0 Å². The Kier molecular flexibility index (Phi) is 4.15. The molecule has 0 aromatic carbocycles. The van der Waals surface area contributed by atoms with E-state index in [0.717, 1.165) is 18.1 Å². The fourth-order valence-electron chi connectivity index (χ4n) is 2.41. The number of aromatic nitrogens is 1. The van der Waals surface area contributed by atoms with Crippen LogP contribution in [0, 0.1) is 0 Å². The minimum atomic E-state index is 0.0652. The van der Waals surface area contributed by atoms with E-state index in [-0.39, 0.29) is 5.78 Å². The van der Waals surface area contributed by atoms with Gasteiger partial charge in [0.1, 0.15) is 5.69 Å². The van der Waals surface area contributed by atoms with Crippen LogP contribution in [0.1, 0.15) is 56.4 Å². The second-order valence-corrected chi connectivity index (χ2v) is 5.51. The lowest BCUT2D eigenvalue weighted by molar-refractivity contribution is 0.101. The molecular weight excluding hydrogens is 232 g/mol. The van der Waals surface area contributed by atoms with Crippen molar-refractivity contribution in [2.45, 2.75) is 52.0 Å². The van der Waals surface area contributed by atoms with E-state index in [1.165, 1.54) is 25.7 Å². The molecule has 0 N–H and O–H groups in total. The van der Waals surface area contributed by atoms with Crippen LogP contribution in [0.15, 0.2) is 5.38 Å². The van der Waals surface area contributed by atoms with Gasteiger partial charge in [0.25, 0.3) is 0 Å². The van der Waals surface area contributed by atoms with Crippen molar-refractivity contribution in [3.63, 3.8) is 0 Å². The molecule has 2 heterocycles. The van der Waals surface area contributed by atoms with E-state index < -0.39 is 0 Å². The standard InChI is InChI=1S/C13H20N2OS/c1-3-11-7-5-4-6-8-15(11)13-14-12(9-17-13)10(2)16/h9,11H,3-8H2,1-2H3. The topological polar surface area (TPSA) is 33.2 Å². The smallest absolute Gasteiger partial charge is 0.186 e. The van der Waals surface area contributed by atoms with Crippen LogP contribution in [0.5, 0.6) is 0 Å². The fraction of sp³-hybridized carbons (Fsp3) is 0.692. The van der Waals surface area contributed by atoms with E-state index in [1.54, 1.807) is 18.3 Å².